The molecule has 0 aromatic rings. The molecule has 2 N–H and O–H groups in total. The van der Waals surface area contributed by atoms with Gasteiger partial charge in [0.25, 0.3) is 0 Å². The van der Waals surface area contributed by atoms with Crippen molar-refractivity contribution < 1.29 is 10.2 Å². The summed E-state index contributed by atoms with van der Waals surface area (Å²) in [6.45, 7) is 7.31. The Bertz CT molecular complexity index is 317. The standard InChI is InChI=1S/C15H26O2/c1-10-4-5-11(8-16)14(9-17)13-7-15(2,3)6-12(10)13/h10-12,16-17H,4-9H2,1-3H3/t10-,11+,12-/m0/s1. The Balaban J connectivity index is 2.39. The summed E-state index contributed by atoms with van der Waals surface area (Å²) in [4.78, 5) is 0. The van der Waals surface area contributed by atoms with E-state index in [0.717, 1.165) is 18.4 Å². The Morgan fingerprint density at radius 2 is 1.94 bits per heavy atom. The summed E-state index contributed by atoms with van der Waals surface area (Å²) in [5, 5.41) is 19.2. The molecule has 17 heavy (non-hydrogen) atoms. The Morgan fingerprint density at radius 3 is 2.53 bits per heavy atom. The van der Waals surface area contributed by atoms with Crippen LogP contribution in [-0.4, -0.2) is 23.4 Å². The van der Waals surface area contributed by atoms with E-state index in [4.69, 9.17) is 0 Å². The molecule has 0 amide bonds. The minimum absolute atomic E-state index is 0.139. The molecule has 0 saturated heterocycles. The summed E-state index contributed by atoms with van der Waals surface area (Å²) >= 11 is 0. The molecule has 98 valence electrons. The highest BCUT2D eigenvalue weighted by atomic mass is 16.3. The first-order valence-corrected chi connectivity index (χ1v) is 6.92. The van der Waals surface area contributed by atoms with Gasteiger partial charge in [0.2, 0.25) is 0 Å². The molecule has 2 heteroatoms. The number of aliphatic hydroxyl groups is 2. The average molecular weight is 238 g/mol. The maximum absolute atomic E-state index is 9.65. The van der Waals surface area contributed by atoms with E-state index >= 15 is 0 Å². The predicted octanol–water partition coefficient (Wildman–Crippen LogP) is 2.75. The Morgan fingerprint density at radius 1 is 1.24 bits per heavy atom. The summed E-state index contributed by atoms with van der Waals surface area (Å²) in [6.07, 6.45) is 4.56. The van der Waals surface area contributed by atoms with Crippen LogP contribution in [-0.2, 0) is 0 Å². The summed E-state index contributed by atoms with van der Waals surface area (Å²) in [7, 11) is 0. The molecule has 0 aromatic carbocycles. The van der Waals surface area contributed by atoms with Crippen LogP contribution in [0.2, 0.25) is 0 Å². The summed E-state index contributed by atoms with van der Waals surface area (Å²) in [5.41, 5.74) is 3.00. The van der Waals surface area contributed by atoms with Gasteiger partial charge in [-0.15, -0.1) is 0 Å². The predicted molar refractivity (Wildman–Crippen MR) is 69.6 cm³/mol. The zero-order valence-electron chi connectivity index (χ0n) is 11.4. The Kier molecular flexibility index (Phi) is 3.65. The third-order valence-electron chi connectivity index (χ3n) is 4.84. The minimum atomic E-state index is 0.139. The molecular formula is C15H26O2. The third kappa shape index (κ3) is 2.43. The second-order valence-electron chi connectivity index (χ2n) is 6.79. The topological polar surface area (TPSA) is 40.5 Å². The minimum Gasteiger partial charge on any atom is -0.396 e. The van der Waals surface area contributed by atoms with Gasteiger partial charge in [-0.3, -0.25) is 0 Å². The zero-order valence-corrected chi connectivity index (χ0v) is 11.4. The van der Waals surface area contributed by atoms with Gasteiger partial charge in [-0.2, -0.15) is 0 Å². The molecule has 0 spiro atoms. The van der Waals surface area contributed by atoms with Gasteiger partial charge >= 0.3 is 0 Å². The molecule has 2 aliphatic rings. The fraction of sp³-hybridized carbons (Fsp3) is 0.867. The normalized spacial score (nSPS) is 36.9. The van der Waals surface area contributed by atoms with Crippen LogP contribution in [0.25, 0.3) is 0 Å². The molecule has 0 unspecified atom stereocenters. The lowest BCUT2D eigenvalue weighted by Gasteiger charge is -2.21. The molecular weight excluding hydrogens is 212 g/mol. The van der Waals surface area contributed by atoms with E-state index < -0.39 is 0 Å². The first-order chi connectivity index (χ1) is 7.98. The van der Waals surface area contributed by atoms with Gasteiger partial charge in [-0.25, -0.2) is 0 Å². The molecule has 3 atom stereocenters. The highest BCUT2D eigenvalue weighted by Gasteiger charge is 2.41. The highest BCUT2D eigenvalue weighted by Crippen LogP contribution is 2.52. The summed E-state index contributed by atoms with van der Waals surface area (Å²) in [6, 6.07) is 0. The van der Waals surface area contributed by atoms with E-state index in [1.807, 2.05) is 0 Å². The Hall–Kier alpha value is -0.340. The molecule has 1 saturated carbocycles. The molecule has 0 radical (unpaired) electrons. The number of aliphatic hydroxyl groups excluding tert-OH is 2. The SMILES string of the molecule is C[C@H]1CC[C@H](CO)C(CO)=C2CC(C)(C)C[C@H]21. The second-order valence-corrected chi connectivity index (χ2v) is 6.79. The van der Waals surface area contributed by atoms with E-state index in [-0.39, 0.29) is 19.1 Å². The van der Waals surface area contributed by atoms with Crippen molar-refractivity contribution in [2.45, 2.75) is 46.5 Å². The average Bonchev–Trinajstić information content (AvgIpc) is 2.54. The van der Waals surface area contributed by atoms with Gasteiger partial charge in [0.15, 0.2) is 0 Å². The van der Waals surface area contributed by atoms with Crippen LogP contribution in [0.4, 0.5) is 0 Å². The molecule has 0 aromatic heterocycles. The van der Waals surface area contributed by atoms with E-state index in [1.54, 1.807) is 0 Å². The summed E-state index contributed by atoms with van der Waals surface area (Å²) in [5.74, 6) is 1.55. The van der Waals surface area contributed by atoms with Crippen LogP contribution in [0.5, 0.6) is 0 Å². The lowest BCUT2D eigenvalue weighted by molar-refractivity contribution is 0.213. The highest BCUT2D eigenvalue weighted by molar-refractivity contribution is 5.27. The third-order valence-corrected chi connectivity index (χ3v) is 4.84. The monoisotopic (exact) mass is 238 g/mol. The molecule has 0 heterocycles. The molecule has 2 aliphatic carbocycles. The van der Waals surface area contributed by atoms with Crippen molar-refractivity contribution in [3.05, 3.63) is 11.1 Å². The van der Waals surface area contributed by atoms with E-state index in [2.05, 4.69) is 20.8 Å². The van der Waals surface area contributed by atoms with Crippen LogP contribution in [0.1, 0.15) is 46.5 Å². The van der Waals surface area contributed by atoms with Crippen molar-refractivity contribution >= 4 is 0 Å². The second kappa shape index (κ2) is 4.74. The van der Waals surface area contributed by atoms with Gasteiger partial charge in [-0.1, -0.05) is 26.3 Å². The Labute approximate surface area is 105 Å². The van der Waals surface area contributed by atoms with Crippen LogP contribution in [0.3, 0.4) is 0 Å². The molecule has 0 aliphatic heterocycles. The maximum atomic E-state index is 9.65. The lowest BCUT2D eigenvalue weighted by Crippen LogP contribution is -2.14. The summed E-state index contributed by atoms with van der Waals surface area (Å²) < 4.78 is 0. The van der Waals surface area contributed by atoms with Gasteiger partial charge in [0.1, 0.15) is 0 Å². The smallest absolute Gasteiger partial charge is 0.0648 e. The van der Waals surface area contributed by atoms with E-state index in [9.17, 15) is 10.2 Å². The number of hydrogen-bond acceptors (Lipinski definition) is 2. The van der Waals surface area contributed by atoms with Crippen molar-refractivity contribution in [3.8, 4) is 0 Å². The van der Waals surface area contributed by atoms with Crippen LogP contribution in [0, 0.1) is 23.2 Å². The zero-order chi connectivity index (χ0) is 12.6. The van der Waals surface area contributed by atoms with Crippen molar-refractivity contribution in [3.63, 3.8) is 0 Å². The lowest BCUT2D eigenvalue weighted by atomic mass is 9.84. The molecule has 2 nitrogen and oxygen atoms in total. The van der Waals surface area contributed by atoms with E-state index in [0.29, 0.717) is 17.3 Å². The van der Waals surface area contributed by atoms with Crippen LogP contribution < -0.4 is 0 Å². The largest absolute Gasteiger partial charge is 0.396 e. The van der Waals surface area contributed by atoms with Crippen LogP contribution >= 0.6 is 0 Å². The van der Waals surface area contributed by atoms with Crippen molar-refractivity contribution in [2.75, 3.05) is 13.2 Å². The quantitative estimate of drug-likeness (QED) is 0.726. The molecule has 1 fully saturated rings. The fourth-order valence-corrected chi connectivity index (χ4v) is 3.87. The van der Waals surface area contributed by atoms with Crippen molar-refractivity contribution in [1.82, 2.24) is 0 Å². The fourth-order valence-electron chi connectivity index (χ4n) is 3.87. The number of allylic oxidation sites excluding steroid dienone is 1. The number of rotatable bonds is 2. The van der Waals surface area contributed by atoms with Gasteiger partial charge in [0.05, 0.1) is 6.61 Å². The molecule has 2 rings (SSSR count). The van der Waals surface area contributed by atoms with Crippen molar-refractivity contribution in [2.24, 2.45) is 23.2 Å². The van der Waals surface area contributed by atoms with Gasteiger partial charge in [0, 0.05) is 12.5 Å². The van der Waals surface area contributed by atoms with E-state index in [1.165, 1.54) is 18.4 Å². The van der Waals surface area contributed by atoms with Gasteiger partial charge < -0.3 is 10.2 Å². The van der Waals surface area contributed by atoms with Crippen molar-refractivity contribution in [1.29, 1.82) is 0 Å². The number of hydrogen-bond donors (Lipinski definition) is 2. The molecule has 0 bridgehead atoms. The van der Waals surface area contributed by atoms with Gasteiger partial charge in [-0.05, 0) is 48.5 Å². The first kappa shape index (κ1) is 13.1. The maximum Gasteiger partial charge on any atom is 0.0648 e. The van der Waals surface area contributed by atoms with Crippen LogP contribution in [0.15, 0.2) is 11.1 Å². The number of fused-ring (bicyclic) bond motifs is 1. The first-order valence-electron chi connectivity index (χ1n) is 6.92.